The van der Waals surface area contributed by atoms with E-state index in [2.05, 4.69) is 5.32 Å². The number of nitrogens with one attached hydrogen (secondary N) is 1. The Morgan fingerprint density at radius 2 is 2.06 bits per heavy atom. The van der Waals surface area contributed by atoms with Crippen molar-refractivity contribution in [3.63, 3.8) is 0 Å². The van der Waals surface area contributed by atoms with E-state index in [-0.39, 0.29) is 17.4 Å². The van der Waals surface area contributed by atoms with Crippen molar-refractivity contribution in [1.82, 2.24) is 5.32 Å². The van der Waals surface area contributed by atoms with E-state index in [0.717, 1.165) is 0 Å². The van der Waals surface area contributed by atoms with Crippen molar-refractivity contribution in [2.75, 3.05) is 6.54 Å². The SMILES string of the molecule is CC(C)(C)[C@@H](N)C(=O)NCC1CCC(C(=O)O)O1. The molecule has 1 amide bonds. The minimum Gasteiger partial charge on any atom is -0.479 e. The van der Waals surface area contributed by atoms with Gasteiger partial charge < -0.3 is 20.9 Å². The number of carboxylic acid groups (broad SMARTS) is 1. The van der Waals surface area contributed by atoms with Gasteiger partial charge in [-0.25, -0.2) is 4.79 Å². The molecule has 1 rings (SSSR count). The maximum atomic E-state index is 11.8. The number of amides is 1. The van der Waals surface area contributed by atoms with Crippen molar-refractivity contribution < 1.29 is 19.4 Å². The van der Waals surface area contributed by atoms with Crippen LogP contribution in [0.2, 0.25) is 0 Å². The summed E-state index contributed by atoms with van der Waals surface area (Å²) >= 11 is 0. The number of hydrogen-bond donors (Lipinski definition) is 3. The summed E-state index contributed by atoms with van der Waals surface area (Å²) in [6.07, 6.45) is 0.147. The molecule has 1 aliphatic rings. The Morgan fingerprint density at radius 3 is 2.50 bits per heavy atom. The van der Waals surface area contributed by atoms with Gasteiger partial charge in [0.05, 0.1) is 12.1 Å². The first-order chi connectivity index (χ1) is 8.21. The van der Waals surface area contributed by atoms with Crippen molar-refractivity contribution >= 4 is 11.9 Å². The van der Waals surface area contributed by atoms with Gasteiger partial charge >= 0.3 is 5.97 Å². The third-order valence-electron chi connectivity index (χ3n) is 3.10. The summed E-state index contributed by atoms with van der Waals surface area (Å²) in [6.45, 7) is 5.99. The molecule has 6 nitrogen and oxygen atoms in total. The molecule has 0 aromatic rings. The van der Waals surface area contributed by atoms with Crippen molar-refractivity contribution in [3.05, 3.63) is 0 Å². The fourth-order valence-corrected chi connectivity index (χ4v) is 1.76. The number of carbonyl (C=O) groups excluding carboxylic acids is 1. The van der Waals surface area contributed by atoms with Crippen LogP contribution in [0.15, 0.2) is 0 Å². The first kappa shape index (κ1) is 14.9. The fraction of sp³-hybridized carbons (Fsp3) is 0.833. The summed E-state index contributed by atoms with van der Waals surface area (Å²) in [6, 6.07) is -0.589. The zero-order chi connectivity index (χ0) is 13.9. The van der Waals surface area contributed by atoms with Gasteiger partial charge in [-0.15, -0.1) is 0 Å². The lowest BCUT2D eigenvalue weighted by atomic mass is 9.87. The number of carbonyl (C=O) groups is 2. The van der Waals surface area contributed by atoms with Gasteiger partial charge in [0.25, 0.3) is 0 Å². The van der Waals surface area contributed by atoms with Gasteiger partial charge in [-0.2, -0.15) is 0 Å². The molecule has 0 aliphatic carbocycles. The highest BCUT2D eigenvalue weighted by Gasteiger charge is 2.32. The lowest BCUT2D eigenvalue weighted by Crippen LogP contribution is -2.50. The van der Waals surface area contributed by atoms with Crippen LogP contribution in [0, 0.1) is 5.41 Å². The molecule has 1 saturated heterocycles. The standard InChI is InChI=1S/C12H22N2O4/c1-12(2,3)9(13)10(15)14-6-7-4-5-8(18-7)11(16)17/h7-9H,4-6,13H2,1-3H3,(H,14,15)(H,16,17)/t7?,8?,9-/m0/s1. The number of rotatable bonds is 4. The van der Waals surface area contributed by atoms with E-state index in [1.54, 1.807) is 0 Å². The monoisotopic (exact) mass is 258 g/mol. The van der Waals surface area contributed by atoms with Gasteiger partial charge in [-0.1, -0.05) is 20.8 Å². The van der Waals surface area contributed by atoms with Gasteiger partial charge in [-0.05, 0) is 18.3 Å². The highest BCUT2D eigenvalue weighted by atomic mass is 16.5. The van der Waals surface area contributed by atoms with E-state index in [1.165, 1.54) is 0 Å². The van der Waals surface area contributed by atoms with E-state index < -0.39 is 18.1 Å². The normalized spacial score (nSPS) is 25.8. The number of ether oxygens (including phenoxy) is 1. The molecule has 6 heteroatoms. The second-order valence-corrected chi connectivity index (χ2v) is 5.75. The lowest BCUT2D eigenvalue weighted by Gasteiger charge is -2.26. The Morgan fingerprint density at radius 1 is 1.44 bits per heavy atom. The highest BCUT2D eigenvalue weighted by Crippen LogP contribution is 2.20. The van der Waals surface area contributed by atoms with Crippen molar-refractivity contribution in [3.8, 4) is 0 Å². The summed E-state index contributed by atoms with van der Waals surface area (Å²) in [7, 11) is 0. The molecular weight excluding hydrogens is 236 g/mol. The molecule has 1 heterocycles. The largest absolute Gasteiger partial charge is 0.479 e. The smallest absolute Gasteiger partial charge is 0.332 e. The molecule has 0 saturated carbocycles. The van der Waals surface area contributed by atoms with E-state index in [0.29, 0.717) is 19.4 Å². The summed E-state index contributed by atoms with van der Waals surface area (Å²) < 4.78 is 5.28. The quantitative estimate of drug-likeness (QED) is 0.664. The fourth-order valence-electron chi connectivity index (χ4n) is 1.76. The average Bonchev–Trinajstić information content (AvgIpc) is 2.72. The third-order valence-corrected chi connectivity index (χ3v) is 3.10. The molecule has 4 N–H and O–H groups in total. The maximum Gasteiger partial charge on any atom is 0.332 e. The molecule has 1 fully saturated rings. The number of hydrogen-bond acceptors (Lipinski definition) is 4. The van der Waals surface area contributed by atoms with Crippen molar-refractivity contribution in [2.45, 2.75) is 51.9 Å². The molecule has 0 aromatic carbocycles. The second-order valence-electron chi connectivity index (χ2n) is 5.75. The van der Waals surface area contributed by atoms with Gasteiger partial charge in [-0.3, -0.25) is 4.79 Å². The molecule has 0 aromatic heterocycles. The zero-order valence-electron chi connectivity index (χ0n) is 11.1. The third kappa shape index (κ3) is 3.96. The number of carboxylic acids is 1. The van der Waals surface area contributed by atoms with Crippen LogP contribution in [-0.4, -0.2) is 41.8 Å². The summed E-state index contributed by atoms with van der Waals surface area (Å²) in [5, 5.41) is 11.5. The van der Waals surface area contributed by atoms with Crippen LogP contribution in [0.5, 0.6) is 0 Å². The van der Waals surface area contributed by atoms with Crippen LogP contribution in [0.4, 0.5) is 0 Å². The molecule has 1 aliphatic heterocycles. The van der Waals surface area contributed by atoms with Crippen LogP contribution in [-0.2, 0) is 14.3 Å². The van der Waals surface area contributed by atoms with Gasteiger partial charge in [0, 0.05) is 6.54 Å². The van der Waals surface area contributed by atoms with Crippen LogP contribution in [0.3, 0.4) is 0 Å². The highest BCUT2D eigenvalue weighted by molar-refractivity contribution is 5.82. The molecule has 0 bridgehead atoms. The molecule has 3 atom stereocenters. The van der Waals surface area contributed by atoms with E-state index in [9.17, 15) is 9.59 Å². The second kappa shape index (κ2) is 5.67. The van der Waals surface area contributed by atoms with E-state index in [4.69, 9.17) is 15.6 Å². The molecule has 2 unspecified atom stereocenters. The molecular formula is C12H22N2O4. The summed E-state index contributed by atoms with van der Waals surface area (Å²) in [4.78, 5) is 22.4. The predicted octanol–water partition coefficient (Wildman–Crippen LogP) is 0.108. The van der Waals surface area contributed by atoms with Crippen LogP contribution >= 0.6 is 0 Å². The first-order valence-electron chi connectivity index (χ1n) is 6.13. The summed E-state index contributed by atoms with van der Waals surface area (Å²) in [5.74, 6) is -1.18. The average molecular weight is 258 g/mol. The van der Waals surface area contributed by atoms with Crippen LogP contribution in [0.25, 0.3) is 0 Å². The lowest BCUT2D eigenvalue weighted by molar-refractivity contribution is -0.149. The van der Waals surface area contributed by atoms with Crippen LogP contribution < -0.4 is 11.1 Å². The maximum absolute atomic E-state index is 11.8. The van der Waals surface area contributed by atoms with Crippen molar-refractivity contribution in [2.24, 2.45) is 11.1 Å². The molecule has 0 radical (unpaired) electrons. The van der Waals surface area contributed by atoms with E-state index in [1.807, 2.05) is 20.8 Å². The van der Waals surface area contributed by atoms with Crippen molar-refractivity contribution in [1.29, 1.82) is 0 Å². The Hall–Kier alpha value is -1.14. The van der Waals surface area contributed by atoms with Crippen LogP contribution in [0.1, 0.15) is 33.6 Å². The number of nitrogens with two attached hydrogens (primary N) is 1. The predicted molar refractivity (Wildman–Crippen MR) is 66.0 cm³/mol. The van der Waals surface area contributed by atoms with Gasteiger partial charge in [0.15, 0.2) is 6.10 Å². The Bertz CT molecular complexity index is 325. The molecule has 0 spiro atoms. The first-order valence-corrected chi connectivity index (χ1v) is 6.13. The Balaban J connectivity index is 2.34. The molecule has 18 heavy (non-hydrogen) atoms. The summed E-state index contributed by atoms with van der Waals surface area (Å²) in [5.41, 5.74) is 5.51. The minimum atomic E-state index is -0.949. The molecule has 104 valence electrons. The topological polar surface area (TPSA) is 102 Å². The van der Waals surface area contributed by atoms with Gasteiger partial charge in [0.2, 0.25) is 5.91 Å². The minimum absolute atomic E-state index is 0.232. The Labute approximate surface area is 107 Å². The zero-order valence-corrected chi connectivity index (χ0v) is 11.1. The Kier molecular flexibility index (Phi) is 4.70. The van der Waals surface area contributed by atoms with Gasteiger partial charge in [0.1, 0.15) is 0 Å². The van der Waals surface area contributed by atoms with E-state index >= 15 is 0 Å². The number of aliphatic carboxylic acids is 1.